The maximum absolute atomic E-state index is 12.5. The lowest BCUT2D eigenvalue weighted by Gasteiger charge is -2.15. The molecule has 1 atom stereocenters. The molecule has 2 amide bonds. The fourth-order valence-corrected chi connectivity index (χ4v) is 2.13. The van der Waals surface area contributed by atoms with Gasteiger partial charge in [-0.25, -0.2) is 4.79 Å². The van der Waals surface area contributed by atoms with Gasteiger partial charge in [0.2, 0.25) is 0 Å². The molecule has 2 N–H and O–H groups in total. The van der Waals surface area contributed by atoms with Gasteiger partial charge in [-0.15, -0.1) is 10.2 Å². The minimum absolute atomic E-state index is 0.249. The Balaban J connectivity index is 1.94. The number of nitrogens with zero attached hydrogens (tertiary/aromatic N) is 3. The molecule has 0 saturated carbocycles. The Kier molecular flexibility index (Phi) is 5.97. The largest absolute Gasteiger partial charge is 0.416 e. The number of anilines is 1. The topological polar surface area (TPSA) is 81.1 Å². The van der Waals surface area contributed by atoms with E-state index < -0.39 is 23.8 Å². The van der Waals surface area contributed by atoms with Gasteiger partial charge in [-0.05, 0) is 31.2 Å². The first-order valence-corrected chi connectivity index (χ1v) is 7.42. The van der Waals surface area contributed by atoms with Crippen LogP contribution in [0.2, 0.25) is 0 Å². The number of amides is 2. The zero-order valence-corrected chi connectivity index (χ0v) is 13.7. The molecule has 0 aliphatic carbocycles. The highest BCUT2D eigenvalue weighted by Gasteiger charge is 2.30. The molecule has 2 aromatic rings. The van der Waals surface area contributed by atoms with Crippen molar-refractivity contribution in [2.75, 3.05) is 19.0 Å². The van der Waals surface area contributed by atoms with Crippen LogP contribution in [0.15, 0.2) is 30.6 Å². The summed E-state index contributed by atoms with van der Waals surface area (Å²) in [5.41, 5.74) is -0.531. The van der Waals surface area contributed by atoms with Crippen molar-refractivity contribution in [2.24, 2.45) is 0 Å². The molecule has 1 aromatic carbocycles. The third-order valence-corrected chi connectivity index (χ3v) is 3.39. The fraction of sp³-hybridized carbons (Fsp3) is 0.400. The van der Waals surface area contributed by atoms with Crippen LogP contribution in [0, 0.1) is 0 Å². The Bertz CT molecular complexity index is 700. The summed E-state index contributed by atoms with van der Waals surface area (Å²) in [4.78, 5) is 12.0. The lowest BCUT2D eigenvalue weighted by Crippen LogP contribution is -2.32. The van der Waals surface area contributed by atoms with Crippen LogP contribution in [0.3, 0.4) is 0 Å². The predicted octanol–water partition coefficient (Wildman–Crippen LogP) is 2.83. The normalized spacial score (nSPS) is 12.7. The second-order valence-corrected chi connectivity index (χ2v) is 5.27. The summed E-state index contributed by atoms with van der Waals surface area (Å²) in [6.07, 6.45) is -2.89. The summed E-state index contributed by atoms with van der Waals surface area (Å²) in [6.45, 7) is 2.72. The van der Waals surface area contributed by atoms with Crippen LogP contribution in [0.1, 0.15) is 24.4 Å². The number of halogens is 3. The average molecular weight is 357 g/mol. The molecule has 0 bridgehead atoms. The van der Waals surface area contributed by atoms with Gasteiger partial charge in [0, 0.05) is 19.3 Å². The quantitative estimate of drug-likeness (QED) is 0.833. The Labute approximate surface area is 142 Å². The van der Waals surface area contributed by atoms with Crippen molar-refractivity contribution in [2.45, 2.75) is 25.7 Å². The van der Waals surface area contributed by atoms with E-state index in [2.05, 4.69) is 20.8 Å². The Hall–Kier alpha value is -2.62. The van der Waals surface area contributed by atoms with Crippen molar-refractivity contribution in [1.82, 2.24) is 20.1 Å². The average Bonchev–Trinajstić information content (AvgIpc) is 3.01. The number of carbonyl (C=O) groups excluding carboxylic acids is 1. The molecule has 0 fully saturated rings. The number of alkyl halides is 3. The number of rotatable bonds is 6. The Morgan fingerprint density at radius 2 is 2.00 bits per heavy atom. The molecular formula is C15H18F3N5O2. The van der Waals surface area contributed by atoms with Gasteiger partial charge < -0.3 is 19.9 Å². The summed E-state index contributed by atoms with van der Waals surface area (Å²) < 4.78 is 44.3. The van der Waals surface area contributed by atoms with Crippen LogP contribution in [-0.2, 0) is 17.5 Å². The molecule has 0 aliphatic rings. The zero-order valence-electron chi connectivity index (χ0n) is 13.7. The van der Waals surface area contributed by atoms with Crippen molar-refractivity contribution in [3.05, 3.63) is 42.0 Å². The number of urea groups is 1. The number of carbonyl (C=O) groups is 1. The molecule has 136 valence electrons. The molecule has 0 aliphatic heterocycles. The number of methoxy groups -OCH3 is 1. The van der Waals surface area contributed by atoms with Crippen LogP contribution in [0.5, 0.6) is 0 Å². The minimum Gasteiger partial charge on any atom is -0.383 e. The van der Waals surface area contributed by atoms with E-state index in [9.17, 15) is 18.0 Å². The monoisotopic (exact) mass is 357 g/mol. The first kappa shape index (κ1) is 18.7. The van der Waals surface area contributed by atoms with Gasteiger partial charge in [-0.1, -0.05) is 0 Å². The summed E-state index contributed by atoms with van der Waals surface area (Å²) >= 11 is 0. The molecule has 0 unspecified atom stereocenters. The number of hydrogen-bond acceptors (Lipinski definition) is 4. The fourth-order valence-electron chi connectivity index (χ4n) is 2.13. The van der Waals surface area contributed by atoms with E-state index in [1.165, 1.54) is 18.5 Å². The van der Waals surface area contributed by atoms with Crippen molar-refractivity contribution in [1.29, 1.82) is 0 Å². The van der Waals surface area contributed by atoms with E-state index in [1.54, 1.807) is 18.6 Å². The van der Waals surface area contributed by atoms with Crippen LogP contribution in [0.25, 0.3) is 0 Å². The SMILES string of the molecule is COCCn1cnnc1[C@@H](C)NC(=O)Nc1ccc(C(F)(F)F)cc1. The molecule has 7 nitrogen and oxygen atoms in total. The highest BCUT2D eigenvalue weighted by molar-refractivity contribution is 5.89. The lowest BCUT2D eigenvalue weighted by atomic mass is 10.2. The lowest BCUT2D eigenvalue weighted by molar-refractivity contribution is -0.137. The smallest absolute Gasteiger partial charge is 0.383 e. The number of hydrogen-bond donors (Lipinski definition) is 2. The zero-order chi connectivity index (χ0) is 18.4. The molecule has 10 heteroatoms. The molecule has 0 radical (unpaired) electrons. The van der Waals surface area contributed by atoms with E-state index in [0.717, 1.165) is 12.1 Å². The number of benzene rings is 1. The molecule has 0 spiro atoms. The molecular weight excluding hydrogens is 339 g/mol. The van der Waals surface area contributed by atoms with Gasteiger partial charge in [0.15, 0.2) is 5.82 Å². The second kappa shape index (κ2) is 7.97. The first-order chi connectivity index (χ1) is 11.8. The number of ether oxygens (including phenoxy) is 1. The van der Waals surface area contributed by atoms with E-state index >= 15 is 0 Å². The van der Waals surface area contributed by atoms with Gasteiger partial charge >= 0.3 is 12.2 Å². The van der Waals surface area contributed by atoms with E-state index in [4.69, 9.17) is 4.74 Å². The summed E-state index contributed by atoms with van der Waals surface area (Å²) in [5.74, 6) is 0.541. The van der Waals surface area contributed by atoms with Crippen molar-refractivity contribution in [3.8, 4) is 0 Å². The summed E-state index contributed by atoms with van der Waals surface area (Å²) in [7, 11) is 1.57. The van der Waals surface area contributed by atoms with Gasteiger partial charge in [0.25, 0.3) is 0 Å². The summed E-state index contributed by atoms with van der Waals surface area (Å²) in [5, 5.41) is 12.9. The molecule has 0 saturated heterocycles. The van der Waals surface area contributed by atoms with E-state index in [-0.39, 0.29) is 5.69 Å². The maximum Gasteiger partial charge on any atom is 0.416 e. The third kappa shape index (κ3) is 5.18. The van der Waals surface area contributed by atoms with Crippen LogP contribution in [0.4, 0.5) is 23.7 Å². The highest BCUT2D eigenvalue weighted by atomic mass is 19.4. The van der Waals surface area contributed by atoms with Gasteiger partial charge in [-0.3, -0.25) is 0 Å². The summed E-state index contributed by atoms with van der Waals surface area (Å²) in [6, 6.07) is 3.17. The molecule has 25 heavy (non-hydrogen) atoms. The van der Waals surface area contributed by atoms with Crippen molar-refractivity contribution in [3.63, 3.8) is 0 Å². The molecule has 1 heterocycles. The van der Waals surface area contributed by atoms with Crippen LogP contribution >= 0.6 is 0 Å². The first-order valence-electron chi connectivity index (χ1n) is 7.42. The van der Waals surface area contributed by atoms with Gasteiger partial charge in [0.1, 0.15) is 6.33 Å². The minimum atomic E-state index is -4.42. The second-order valence-electron chi connectivity index (χ2n) is 5.27. The Morgan fingerprint density at radius 1 is 1.32 bits per heavy atom. The third-order valence-electron chi connectivity index (χ3n) is 3.39. The Morgan fingerprint density at radius 3 is 2.60 bits per heavy atom. The van der Waals surface area contributed by atoms with Crippen LogP contribution < -0.4 is 10.6 Å². The maximum atomic E-state index is 12.5. The van der Waals surface area contributed by atoms with Crippen molar-refractivity contribution < 1.29 is 22.7 Å². The van der Waals surface area contributed by atoms with E-state index in [1.807, 2.05) is 0 Å². The van der Waals surface area contributed by atoms with E-state index in [0.29, 0.717) is 19.0 Å². The number of nitrogens with one attached hydrogen (secondary N) is 2. The van der Waals surface area contributed by atoms with Gasteiger partial charge in [-0.2, -0.15) is 13.2 Å². The standard InChI is InChI=1S/C15H18F3N5O2/c1-10(13-22-19-9-23(13)7-8-25-2)20-14(24)21-12-5-3-11(4-6-12)15(16,17)18/h3-6,9-10H,7-8H2,1-2H3,(H2,20,21,24)/t10-/m1/s1. The highest BCUT2D eigenvalue weighted by Crippen LogP contribution is 2.29. The van der Waals surface area contributed by atoms with Crippen LogP contribution in [-0.4, -0.2) is 34.5 Å². The number of aromatic nitrogens is 3. The molecule has 1 aromatic heterocycles. The van der Waals surface area contributed by atoms with Gasteiger partial charge in [0.05, 0.1) is 18.2 Å². The molecule has 2 rings (SSSR count). The van der Waals surface area contributed by atoms with Crippen molar-refractivity contribution >= 4 is 11.7 Å². The predicted molar refractivity (Wildman–Crippen MR) is 83.9 cm³/mol.